The Bertz CT molecular complexity index is 1240. The molecule has 0 bridgehead atoms. The highest BCUT2D eigenvalue weighted by atomic mass is 16.3. The maximum absolute atomic E-state index is 14.0. The van der Waals surface area contributed by atoms with Gasteiger partial charge in [-0.3, -0.25) is 14.3 Å². The Hall–Kier alpha value is -2.55. The number of anilines is 1. The largest absolute Gasteiger partial charge is 0.393 e. The normalized spacial score (nSPS) is 22.3. The van der Waals surface area contributed by atoms with Crippen LogP contribution in [0.5, 0.6) is 0 Å². The average molecular weight is 479 g/mol. The van der Waals surface area contributed by atoms with E-state index in [1.54, 1.807) is 0 Å². The number of nitrogens with one attached hydrogen (secondary N) is 1. The zero-order valence-corrected chi connectivity index (χ0v) is 21.2. The van der Waals surface area contributed by atoms with E-state index in [1.165, 1.54) is 5.56 Å². The number of rotatable bonds is 6. The Balaban J connectivity index is 1.59. The maximum Gasteiger partial charge on any atom is 0.260 e. The number of hydrogen-bond acceptors (Lipinski definition) is 7. The lowest BCUT2D eigenvalue weighted by molar-refractivity contribution is 0.111. The summed E-state index contributed by atoms with van der Waals surface area (Å²) in [5, 5.41) is 15.9. The Labute approximate surface area is 207 Å². The van der Waals surface area contributed by atoms with Gasteiger partial charge in [0.15, 0.2) is 0 Å². The molecule has 3 heterocycles. The van der Waals surface area contributed by atoms with E-state index in [0.717, 1.165) is 68.3 Å². The second kappa shape index (κ2) is 10.2. The first-order valence-electron chi connectivity index (χ1n) is 13.1. The number of piperazine rings is 1. The van der Waals surface area contributed by atoms with Gasteiger partial charge in [-0.05, 0) is 55.7 Å². The summed E-state index contributed by atoms with van der Waals surface area (Å²) in [6.45, 7) is 10.1. The minimum Gasteiger partial charge on any atom is -0.393 e. The minimum atomic E-state index is -0.276. The van der Waals surface area contributed by atoms with Crippen LogP contribution in [0.4, 0.5) is 5.95 Å². The number of pyridine rings is 1. The number of aliphatic hydroxyl groups is 1. The molecule has 8 heteroatoms. The first kappa shape index (κ1) is 24.2. The molecule has 0 amide bonds. The van der Waals surface area contributed by atoms with Gasteiger partial charge in [0.1, 0.15) is 5.65 Å². The van der Waals surface area contributed by atoms with Crippen LogP contribution in [0.1, 0.15) is 51.1 Å². The van der Waals surface area contributed by atoms with Gasteiger partial charge < -0.3 is 15.3 Å². The van der Waals surface area contributed by atoms with E-state index in [-0.39, 0.29) is 17.7 Å². The van der Waals surface area contributed by atoms with Crippen molar-refractivity contribution < 1.29 is 5.11 Å². The summed E-state index contributed by atoms with van der Waals surface area (Å²) in [6, 6.07) is 6.33. The molecule has 3 aromatic rings. The van der Waals surface area contributed by atoms with Gasteiger partial charge in [-0.2, -0.15) is 4.98 Å². The molecular formula is C27H38N6O2. The van der Waals surface area contributed by atoms with E-state index in [0.29, 0.717) is 30.4 Å². The van der Waals surface area contributed by atoms with Crippen LogP contribution in [0, 0.1) is 5.92 Å². The molecule has 5 rings (SSSR count). The highest BCUT2D eigenvalue weighted by molar-refractivity contribution is 6.04. The Kier molecular flexibility index (Phi) is 7.05. The maximum atomic E-state index is 14.0. The molecule has 1 saturated carbocycles. The van der Waals surface area contributed by atoms with Crippen molar-refractivity contribution in [2.45, 2.75) is 58.2 Å². The van der Waals surface area contributed by atoms with Crippen LogP contribution >= 0.6 is 0 Å². The predicted octanol–water partition coefficient (Wildman–Crippen LogP) is 3.24. The van der Waals surface area contributed by atoms with E-state index >= 15 is 0 Å². The highest BCUT2D eigenvalue weighted by Gasteiger charge is 2.25. The van der Waals surface area contributed by atoms with Crippen molar-refractivity contribution in [1.82, 2.24) is 24.3 Å². The molecule has 2 aromatic heterocycles. The van der Waals surface area contributed by atoms with Crippen LogP contribution in [-0.4, -0.2) is 75.3 Å². The number of nitrogens with zero attached hydrogens (tertiary/aromatic N) is 5. The van der Waals surface area contributed by atoms with Gasteiger partial charge in [0.05, 0.1) is 6.10 Å². The van der Waals surface area contributed by atoms with Crippen molar-refractivity contribution in [3.63, 3.8) is 0 Å². The second-order valence-corrected chi connectivity index (χ2v) is 10.8. The molecule has 8 nitrogen and oxygen atoms in total. The molecule has 1 saturated heterocycles. The standard InChI is InChI=1S/C27H38N6O2/c1-18(2)15-28-27-29-16-24-22-9-4-19(17-32-12-10-31(3)11-13-32)14-23(22)26(35)33(25(24)30-27)20-5-7-21(34)8-6-20/h4,9,14,16,18,20-21,34H,5-8,10-13,15,17H2,1-3H3,(H,28,29,30). The van der Waals surface area contributed by atoms with Crippen LogP contribution < -0.4 is 10.9 Å². The molecule has 0 radical (unpaired) electrons. The van der Waals surface area contributed by atoms with Gasteiger partial charge >= 0.3 is 0 Å². The van der Waals surface area contributed by atoms with E-state index < -0.39 is 0 Å². The summed E-state index contributed by atoms with van der Waals surface area (Å²) in [7, 11) is 2.16. The van der Waals surface area contributed by atoms with Crippen molar-refractivity contribution in [3.8, 4) is 0 Å². The molecular weight excluding hydrogens is 440 g/mol. The van der Waals surface area contributed by atoms with Crippen molar-refractivity contribution in [2.24, 2.45) is 5.92 Å². The predicted molar refractivity (Wildman–Crippen MR) is 141 cm³/mol. The molecule has 1 aliphatic carbocycles. The van der Waals surface area contributed by atoms with Gasteiger partial charge in [0.2, 0.25) is 5.95 Å². The first-order chi connectivity index (χ1) is 16.9. The SMILES string of the molecule is CC(C)CNc1ncc2c3ccc(CN4CCN(C)CC4)cc3c(=O)n(C3CCC(O)CC3)c2n1. The Morgan fingerprint density at radius 2 is 1.80 bits per heavy atom. The molecule has 2 aliphatic rings. The quantitative estimate of drug-likeness (QED) is 0.526. The zero-order chi connectivity index (χ0) is 24.5. The lowest BCUT2D eigenvalue weighted by Crippen LogP contribution is -2.43. The summed E-state index contributed by atoms with van der Waals surface area (Å²) in [5.74, 6) is 1.02. The van der Waals surface area contributed by atoms with E-state index in [2.05, 4.69) is 59.2 Å². The summed E-state index contributed by atoms with van der Waals surface area (Å²) < 4.78 is 1.89. The van der Waals surface area contributed by atoms with Crippen LogP contribution in [0.3, 0.4) is 0 Å². The zero-order valence-electron chi connectivity index (χ0n) is 21.2. The van der Waals surface area contributed by atoms with Crippen LogP contribution in [0.15, 0.2) is 29.2 Å². The third kappa shape index (κ3) is 5.20. The molecule has 188 valence electrons. The van der Waals surface area contributed by atoms with Crippen LogP contribution in [-0.2, 0) is 6.54 Å². The summed E-state index contributed by atoms with van der Waals surface area (Å²) in [6.07, 6.45) is 4.57. The molecule has 1 aliphatic heterocycles. The fourth-order valence-corrected chi connectivity index (χ4v) is 5.37. The monoisotopic (exact) mass is 478 g/mol. The Morgan fingerprint density at radius 1 is 1.06 bits per heavy atom. The number of likely N-dealkylation sites (N-methyl/N-ethyl adjacent to an activating group) is 1. The molecule has 2 N–H and O–H groups in total. The molecule has 0 spiro atoms. The molecule has 35 heavy (non-hydrogen) atoms. The average Bonchev–Trinajstić information content (AvgIpc) is 2.85. The topological polar surface area (TPSA) is 86.5 Å². The number of aliphatic hydroxyl groups excluding tert-OH is 1. The second-order valence-electron chi connectivity index (χ2n) is 10.8. The summed E-state index contributed by atoms with van der Waals surface area (Å²) in [4.78, 5) is 28.2. The minimum absolute atomic E-state index is 0.0163. The Morgan fingerprint density at radius 3 is 2.51 bits per heavy atom. The van der Waals surface area contributed by atoms with Gasteiger partial charge in [0, 0.05) is 62.3 Å². The van der Waals surface area contributed by atoms with E-state index in [1.807, 2.05) is 10.8 Å². The lowest BCUT2D eigenvalue weighted by atomic mass is 9.92. The lowest BCUT2D eigenvalue weighted by Gasteiger charge is -2.32. The number of benzene rings is 1. The molecule has 1 aromatic carbocycles. The fraction of sp³-hybridized carbons (Fsp3) is 0.593. The number of hydrogen-bond donors (Lipinski definition) is 2. The number of fused-ring (bicyclic) bond motifs is 3. The van der Waals surface area contributed by atoms with Gasteiger partial charge in [0.25, 0.3) is 5.56 Å². The van der Waals surface area contributed by atoms with E-state index in [4.69, 9.17) is 4.98 Å². The van der Waals surface area contributed by atoms with Gasteiger partial charge in [-0.15, -0.1) is 0 Å². The highest BCUT2D eigenvalue weighted by Crippen LogP contribution is 2.32. The van der Waals surface area contributed by atoms with Gasteiger partial charge in [-0.1, -0.05) is 26.0 Å². The van der Waals surface area contributed by atoms with Gasteiger partial charge in [-0.25, -0.2) is 4.98 Å². The molecule has 2 fully saturated rings. The van der Waals surface area contributed by atoms with Crippen molar-refractivity contribution in [2.75, 3.05) is 45.1 Å². The van der Waals surface area contributed by atoms with Crippen LogP contribution in [0.25, 0.3) is 21.8 Å². The van der Waals surface area contributed by atoms with Crippen LogP contribution in [0.2, 0.25) is 0 Å². The third-order valence-corrected chi connectivity index (χ3v) is 7.52. The summed E-state index contributed by atoms with van der Waals surface area (Å²) >= 11 is 0. The first-order valence-corrected chi connectivity index (χ1v) is 13.1. The van der Waals surface area contributed by atoms with Crippen molar-refractivity contribution in [3.05, 3.63) is 40.3 Å². The van der Waals surface area contributed by atoms with Crippen molar-refractivity contribution in [1.29, 1.82) is 0 Å². The summed E-state index contributed by atoms with van der Waals surface area (Å²) in [5.41, 5.74) is 1.87. The molecule has 0 atom stereocenters. The molecule has 0 unspecified atom stereocenters. The van der Waals surface area contributed by atoms with E-state index in [9.17, 15) is 9.90 Å². The number of aromatic nitrogens is 3. The third-order valence-electron chi connectivity index (χ3n) is 7.52. The van der Waals surface area contributed by atoms with Crippen molar-refractivity contribution >= 4 is 27.8 Å². The fourth-order valence-electron chi connectivity index (χ4n) is 5.37. The smallest absolute Gasteiger partial charge is 0.260 e.